The van der Waals surface area contributed by atoms with E-state index in [1.165, 1.54) is 6.92 Å². The van der Waals surface area contributed by atoms with E-state index < -0.39 is 58.4 Å². The topological polar surface area (TPSA) is 79.2 Å². The number of alkyl halides is 5. The van der Waals surface area contributed by atoms with Crippen molar-refractivity contribution in [2.45, 2.75) is 127 Å². The lowest BCUT2D eigenvalue weighted by Gasteiger charge is -2.59. The van der Waals surface area contributed by atoms with Crippen molar-refractivity contribution in [2.24, 2.45) is 22.7 Å². The molecule has 3 saturated carbocycles. The van der Waals surface area contributed by atoms with Gasteiger partial charge in [-0.15, -0.1) is 0 Å². The molecule has 5 unspecified atom stereocenters. The van der Waals surface area contributed by atoms with Gasteiger partial charge in [0.1, 0.15) is 11.2 Å². The molecule has 0 radical (unpaired) electrons. The lowest BCUT2D eigenvalue weighted by Crippen LogP contribution is -2.65. The highest BCUT2D eigenvalue weighted by Gasteiger charge is 2.79. The average molecular weight is 653 g/mol. The van der Waals surface area contributed by atoms with Gasteiger partial charge in [0.15, 0.2) is 5.79 Å². The van der Waals surface area contributed by atoms with Crippen LogP contribution in [0.25, 0.3) is 0 Å². The molecule has 0 amide bonds. The van der Waals surface area contributed by atoms with E-state index in [0.717, 1.165) is 11.1 Å². The predicted octanol–water partition coefficient (Wildman–Crippen LogP) is 7.03. The summed E-state index contributed by atoms with van der Waals surface area (Å²) < 4.78 is 84.9. The van der Waals surface area contributed by atoms with E-state index >= 15 is 8.78 Å². The molecule has 6 atom stereocenters. The molecule has 254 valence electrons. The van der Waals surface area contributed by atoms with Gasteiger partial charge in [0, 0.05) is 35.2 Å². The fourth-order valence-corrected chi connectivity index (χ4v) is 9.33. The molecule has 1 aromatic rings. The van der Waals surface area contributed by atoms with E-state index in [1.54, 1.807) is 38.1 Å². The van der Waals surface area contributed by atoms with Crippen LogP contribution in [0.4, 0.5) is 22.0 Å². The number of aliphatic hydroxyl groups is 3. The molecule has 10 heteroatoms. The average Bonchev–Trinajstić information content (AvgIpc) is 3.23. The quantitative estimate of drug-likeness (QED) is 0.182. The van der Waals surface area contributed by atoms with Crippen LogP contribution < -0.4 is 0 Å². The van der Waals surface area contributed by atoms with Crippen LogP contribution in [0, 0.1) is 34.5 Å². The van der Waals surface area contributed by atoms with Crippen molar-refractivity contribution in [3.63, 3.8) is 0 Å². The second-order valence-corrected chi connectivity index (χ2v) is 16.1. The summed E-state index contributed by atoms with van der Waals surface area (Å²) in [7, 11) is 0. The molecule has 1 spiro atoms. The zero-order valence-corrected chi connectivity index (χ0v) is 27.2. The Morgan fingerprint density at radius 2 is 1.52 bits per heavy atom. The van der Waals surface area contributed by atoms with E-state index in [9.17, 15) is 28.5 Å². The third-order valence-corrected chi connectivity index (χ3v) is 11.7. The van der Waals surface area contributed by atoms with Gasteiger partial charge < -0.3 is 24.8 Å². The van der Waals surface area contributed by atoms with Gasteiger partial charge in [-0.1, -0.05) is 50.3 Å². The monoisotopic (exact) mass is 652 g/mol. The Morgan fingerprint density at radius 3 is 2.11 bits per heavy atom. The molecule has 46 heavy (non-hydrogen) atoms. The minimum absolute atomic E-state index is 0.0297. The van der Waals surface area contributed by atoms with E-state index in [2.05, 4.69) is 11.8 Å². The van der Waals surface area contributed by atoms with E-state index in [0.29, 0.717) is 50.0 Å². The van der Waals surface area contributed by atoms with Crippen LogP contribution in [0.5, 0.6) is 0 Å². The highest BCUT2D eigenvalue weighted by molar-refractivity contribution is 5.46. The zero-order valence-electron chi connectivity index (χ0n) is 27.2. The van der Waals surface area contributed by atoms with Gasteiger partial charge in [0.05, 0.1) is 18.8 Å². The molecule has 0 bridgehead atoms. The molecular formula is C36H45F5O5. The highest BCUT2D eigenvalue weighted by atomic mass is 19.4. The molecule has 1 heterocycles. The first-order valence-corrected chi connectivity index (χ1v) is 16.3. The smallest absolute Gasteiger partial charge is 0.385 e. The number of allylic oxidation sites excluding steroid dienone is 1. The summed E-state index contributed by atoms with van der Waals surface area (Å²) in [6, 6.07) is 7.06. The van der Waals surface area contributed by atoms with Crippen molar-refractivity contribution in [3.8, 4) is 11.8 Å². The molecule has 1 saturated heterocycles. The van der Waals surface area contributed by atoms with Gasteiger partial charge in [-0.2, -0.15) is 22.0 Å². The number of hydrogen-bond acceptors (Lipinski definition) is 5. The summed E-state index contributed by atoms with van der Waals surface area (Å²) in [5.74, 6) is -2.19. The molecule has 6 rings (SSSR count). The van der Waals surface area contributed by atoms with Gasteiger partial charge >= 0.3 is 12.1 Å². The Bertz CT molecular complexity index is 1450. The third kappa shape index (κ3) is 5.24. The van der Waals surface area contributed by atoms with Crippen molar-refractivity contribution in [1.82, 2.24) is 0 Å². The first-order valence-electron chi connectivity index (χ1n) is 16.3. The summed E-state index contributed by atoms with van der Waals surface area (Å²) in [5, 5.41) is 33.9. The van der Waals surface area contributed by atoms with E-state index in [1.807, 2.05) is 13.8 Å². The van der Waals surface area contributed by atoms with E-state index in [-0.39, 0.29) is 30.6 Å². The largest absolute Gasteiger partial charge is 0.456 e. The predicted molar refractivity (Wildman–Crippen MR) is 161 cm³/mol. The normalized spacial score (nSPS) is 37.2. The zero-order chi connectivity index (χ0) is 33.8. The molecule has 4 fully saturated rings. The molecule has 1 aliphatic heterocycles. The van der Waals surface area contributed by atoms with Crippen LogP contribution in [-0.2, 0) is 9.47 Å². The van der Waals surface area contributed by atoms with Crippen molar-refractivity contribution < 1.29 is 46.7 Å². The van der Waals surface area contributed by atoms with Crippen LogP contribution in [0.2, 0.25) is 0 Å². The fourth-order valence-electron chi connectivity index (χ4n) is 9.33. The van der Waals surface area contributed by atoms with Crippen LogP contribution >= 0.6 is 0 Å². The van der Waals surface area contributed by atoms with Crippen molar-refractivity contribution >= 4 is 0 Å². The maximum atomic E-state index is 15.3. The highest BCUT2D eigenvalue weighted by Crippen LogP contribution is 2.71. The minimum Gasteiger partial charge on any atom is -0.385 e. The Kier molecular flexibility index (Phi) is 7.72. The van der Waals surface area contributed by atoms with Crippen molar-refractivity contribution in [3.05, 3.63) is 46.5 Å². The Hall–Kier alpha value is -2.03. The SMILES string of the molecule is CC(C)(O)C#Cc1ccc([C@H]2CC3(C)C(CCC3(O)C(F)(F)C(F)(F)F)C3CCC4(O)CC5(CCC4=C32)OCC(C)(C)CO5)cc1. The first kappa shape index (κ1) is 33.9. The maximum Gasteiger partial charge on any atom is 0.456 e. The first-order chi connectivity index (χ1) is 21.1. The third-order valence-electron chi connectivity index (χ3n) is 11.7. The molecule has 0 aromatic heterocycles. The van der Waals surface area contributed by atoms with Crippen molar-refractivity contribution in [2.75, 3.05) is 13.2 Å². The lowest BCUT2D eigenvalue weighted by molar-refractivity contribution is -0.362. The number of fused-ring (bicyclic) bond motifs is 4. The standard InChI is InChI=1S/C36H45F5O5/c1-29(2)20-45-33(46-21-29)16-12-27-28-24(11-15-32(27,43)19-33)26-13-17-34(44,35(37,38)36(39,40)41)31(26,5)18-25(28)23-8-6-22(7-9-23)10-14-30(3,4)42/h6-9,24-26,42-44H,11-13,15-21H2,1-5H3/t24?,25-,26?,31?,32?,34?/m1/s1. The summed E-state index contributed by atoms with van der Waals surface area (Å²) in [4.78, 5) is 0. The number of rotatable bonds is 2. The Balaban J connectivity index is 1.45. The lowest BCUT2D eigenvalue weighted by atomic mass is 9.49. The molecule has 3 N–H and O–H groups in total. The van der Waals surface area contributed by atoms with Gasteiger partial charge in [-0.25, -0.2) is 0 Å². The maximum absolute atomic E-state index is 15.3. The summed E-state index contributed by atoms with van der Waals surface area (Å²) >= 11 is 0. The van der Waals surface area contributed by atoms with Crippen LogP contribution in [-0.4, -0.2) is 63.2 Å². The van der Waals surface area contributed by atoms with Crippen LogP contribution in [0.3, 0.4) is 0 Å². The fraction of sp³-hybridized carbons (Fsp3) is 0.722. The van der Waals surface area contributed by atoms with Gasteiger partial charge in [0.25, 0.3) is 0 Å². The van der Waals surface area contributed by atoms with Gasteiger partial charge in [0.2, 0.25) is 0 Å². The Labute approximate surface area is 267 Å². The van der Waals surface area contributed by atoms with Crippen LogP contribution in [0.15, 0.2) is 35.4 Å². The summed E-state index contributed by atoms with van der Waals surface area (Å²) in [5.41, 5.74) is -4.68. The van der Waals surface area contributed by atoms with Gasteiger partial charge in [-0.3, -0.25) is 0 Å². The summed E-state index contributed by atoms with van der Waals surface area (Å²) in [6.07, 6.45) is -4.83. The molecular weight excluding hydrogens is 607 g/mol. The van der Waals surface area contributed by atoms with Crippen LogP contribution in [0.1, 0.15) is 103 Å². The second kappa shape index (κ2) is 10.5. The summed E-state index contributed by atoms with van der Waals surface area (Å²) in [6.45, 7) is 9.58. The van der Waals surface area contributed by atoms with Crippen molar-refractivity contribution in [1.29, 1.82) is 0 Å². The minimum atomic E-state index is -5.91. The molecule has 4 aliphatic carbocycles. The number of ether oxygens (including phenoxy) is 2. The number of halogens is 5. The number of hydrogen-bond donors (Lipinski definition) is 3. The molecule has 1 aromatic carbocycles. The molecule has 5 aliphatic rings. The molecule has 5 nitrogen and oxygen atoms in total. The van der Waals surface area contributed by atoms with E-state index in [4.69, 9.17) is 9.47 Å². The number of benzene rings is 1. The van der Waals surface area contributed by atoms with Gasteiger partial charge in [-0.05, 0) is 87.5 Å². The second-order valence-electron chi connectivity index (χ2n) is 16.1. The Morgan fingerprint density at radius 1 is 0.891 bits per heavy atom.